The molecule has 1 aromatic carbocycles. The molecule has 0 aromatic heterocycles. The summed E-state index contributed by atoms with van der Waals surface area (Å²) in [6.45, 7) is 0. The molecule has 0 aliphatic rings. The third kappa shape index (κ3) is 3.70. The number of carboxylic acids is 1. The van der Waals surface area contributed by atoms with Crippen LogP contribution in [0.2, 0.25) is 0 Å². The molecule has 6 nitrogen and oxygen atoms in total. The van der Waals surface area contributed by atoms with Gasteiger partial charge < -0.3 is 16.2 Å². The minimum Gasteiger partial charge on any atom is -0.480 e. The van der Waals surface area contributed by atoms with Gasteiger partial charge >= 0.3 is 5.97 Å². The molecular formula is C11H9F3N2O4. The first-order valence-electron chi connectivity index (χ1n) is 5.19. The lowest BCUT2D eigenvalue weighted by Gasteiger charge is -2.13. The number of amides is 2. The largest absolute Gasteiger partial charge is 0.480 e. The first-order chi connectivity index (χ1) is 9.22. The number of carboxylic acid groups (broad SMARTS) is 1. The summed E-state index contributed by atoms with van der Waals surface area (Å²) in [7, 11) is 0. The van der Waals surface area contributed by atoms with E-state index in [9.17, 15) is 27.6 Å². The maximum atomic E-state index is 12.9. The average molecular weight is 290 g/mol. The number of nitrogens with one attached hydrogen (secondary N) is 1. The Hall–Kier alpha value is -2.58. The van der Waals surface area contributed by atoms with Crippen molar-refractivity contribution in [3.8, 4) is 0 Å². The molecule has 4 N–H and O–H groups in total. The van der Waals surface area contributed by atoms with Crippen LogP contribution in [0.3, 0.4) is 0 Å². The first-order valence-corrected chi connectivity index (χ1v) is 5.19. The number of primary amides is 1. The van der Waals surface area contributed by atoms with Gasteiger partial charge in [0.15, 0.2) is 17.5 Å². The predicted molar refractivity (Wildman–Crippen MR) is 59.0 cm³/mol. The molecule has 1 aromatic rings. The molecule has 2 amide bonds. The van der Waals surface area contributed by atoms with E-state index in [-0.39, 0.29) is 0 Å². The Morgan fingerprint density at radius 3 is 2.10 bits per heavy atom. The average Bonchev–Trinajstić information content (AvgIpc) is 2.33. The monoisotopic (exact) mass is 290 g/mol. The summed E-state index contributed by atoms with van der Waals surface area (Å²) in [4.78, 5) is 33.0. The predicted octanol–water partition coefficient (Wildman–Crippen LogP) is 0.162. The van der Waals surface area contributed by atoms with Gasteiger partial charge in [-0.1, -0.05) is 0 Å². The lowest BCUT2D eigenvalue weighted by Crippen LogP contribution is -2.43. The van der Waals surface area contributed by atoms with Gasteiger partial charge in [0.2, 0.25) is 5.91 Å². The van der Waals surface area contributed by atoms with Gasteiger partial charge in [-0.05, 0) is 12.1 Å². The summed E-state index contributed by atoms with van der Waals surface area (Å²) in [6, 6.07) is -0.857. The molecule has 108 valence electrons. The molecule has 0 fully saturated rings. The summed E-state index contributed by atoms with van der Waals surface area (Å²) in [5, 5.41) is 10.6. The van der Waals surface area contributed by atoms with E-state index in [0.29, 0.717) is 12.1 Å². The fourth-order valence-corrected chi connectivity index (χ4v) is 1.33. The van der Waals surface area contributed by atoms with E-state index in [1.807, 2.05) is 5.32 Å². The van der Waals surface area contributed by atoms with Crippen LogP contribution in [0, 0.1) is 17.5 Å². The van der Waals surface area contributed by atoms with Gasteiger partial charge in [-0.15, -0.1) is 0 Å². The number of carbonyl (C=O) groups excluding carboxylic acids is 2. The van der Waals surface area contributed by atoms with Crippen LogP contribution in [0.25, 0.3) is 0 Å². The Morgan fingerprint density at radius 1 is 1.20 bits per heavy atom. The SMILES string of the molecule is NC(=O)C[C@H](NC(=O)c1cc(F)c(F)c(F)c1)C(=O)O. The van der Waals surface area contributed by atoms with Crippen LogP contribution in [-0.2, 0) is 9.59 Å². The van der Waals surface area contributed by atoms with Gasteiger partial charge in [-0.3, -0.25) is 9.59 Å². The summed E-state index contributed by atoms with van der Waals surface area (Å²) in [6.07, 6.45) is -0.701. The van der Waals surface area contributed by atoms with Gasteiger partial charge in [0.1, 0.15) is 6.04 Å². The van der Waals surface area contributed by atoms with Gasteiger partial charge in [0.25, 0.3) is 5.91 Å². The van der Waals surface area contributed by atoms with Crippen molar-refractivity contribution in [2.75, 3.05) is 0 Å². The lowest BCUT2D eigenvalue weighted by atomic mass is 10.1. The Balaban J connectivity index is 2.95. The zero-order valence-electron chi connectivity index (χ0n) is 9.82. The third-order valence-electron chi connectivity index (χ3n) is 2.25. The smallest absolute Gasteiger partial charge is 0.326 e. The Bertz CT molecular complexity index is 554. The van der Waals surface area contributed by atoms with Gasteiger partial charge in [-0.25, -0.2) is 18.0 Å². The highest BCUT2D eigenvalue weighted by Crippen LogP contribution is 2.13. The highest BCUT2D eigenvalue weighted by Gasteiger charge is 2.24. The topological polar surface area (TPSA) is 109 Å². The number of rotatable bonds is 5. The number of benzene rings is 1. The zero-order chi connectivity index (χ0) is 15.4. The van der Waals surface area contributed by atoms with Crippen LogP contribution in [0.5, 0.6) is 0 Å². The molecule has 0 aliphatic carbocycles. The minimum atomic E-state index is -1.76. The minimum absolute atomic E-state index is 0.400. The van der Waals surface area contributed by atoms with Crippen LogP contribution < -0.4 is 11.1 Å². The normalized spacial score (nSPS) is 11.8. The van der Waals surface area contributed by atoms with Crippen LogP contribution in [0.1, 0.15) is 16.8 Å². The number of nitrogens with two attached hydrogens (primary N) is 1. The van der Waals surface area contributed by atoms with E-state index in [2.05, 4.69) is 0 Å². The van der Waals surface area contributed by atoms with Crippen molar-refractivity contribution in [1.82, 2.24) is 5.32 Å². The summed E-state index contributed by atoms with van der Waals surface area (Å²) in [5.41, 5.74) is 4.16. The van der Waals surface area contributed by atoms with Crippen molar-refractivity contribution in [2.24, 2.45) is 5.73 Å². The van der Waals surface area contributed by atoms with E-state index >= 15 is 0 Å². The van der Waals surface area contributed by atoms with Crippen molar-refractivity contribution >= 4 is 17.8 Å². The summed E-state index contributed by atoms with van der Waals surface area (Å²) in [5.74, 6) is -8.69. The molecular weight excluding hydrogens is 281 g/mol. The molecule has 1 atom stereocenters. The van der Waals surface area contributed by atoms with Gasteiger partial charge in [0.05, 0.1) is 6.42 Å². The van der Waals surface area contributed by atoms with Crippen molar-refractivity contribution in [3.63, 3.8) is 0 Å². The Kier molecular flexibility index (Phi) is 4.68. The first kappa shape index (κ1) is 15.5. The van der Waals surface area contributed by atoms with Crippen LogP contribution in [-0.4, -0.2) is 28.9 Å². The van der Waals surface area contributed by atoms with E-state index in [0.717, 1.165) is 0 Å². The molecule has 0 saturated carbocycles. The molecule has 0 aliphatic heterocycles. The summed E-state index contributed by atoms with van der Waals surface area (Å²) >= 11 is 0. The number of hydrogen-bond acceptors (Lipinski definition) is 3. The summed E-state index contributed by atoms with van der Waals surface area (Å²) < 4.78 is 38.5. The van der Waals surface area contributed by atoms with Crippen LogP contribution in [0.15, 0.2) is 12.1 Å². The standard InChI is InChI=1S/C11H9F3N2O4/c12-5-1-4(2-6(13)9(5)14)10(18)16-7(11(19)20)3-8(15)17/h1-2,7H,3H2,(H2,15,17)(H,16,18)(H,19,20)/t7-/m0/s1. The second-order valence-electron chi connectivity index (χ2n) is 3.79. The maximum Gasteiger partial charge on any atom is 0.326 e. The molecule has 20 heavy (non-hydrogen) atoms. The van der Waals surface area contributed by atoms with E-state index in [1.54, 1.807) is 0 Å². The molecule has 0 saturated heterocycles. The quantitative estimate of drug-likeness (QED) is 0.671. The number of carbonyl (C=O) groups is 3. The van der Waals surface area contributed by atoms with E-state index < -0.39 is 53.3 Å². The van der Waals surface area contributed by atoms with Gasteiger partial charge in [-0.2, -0.15) is 0 Å². The van der Waals surface area contributed by atoms with Crippen LogP contribution in [0.4, 0.5) is 13.2 Å². The highest BCUT2D eigenvalue weighted by molar-refractivity contribution is 5.97. The second-order valence-corrected chi connectivity index (χ2v) is 3.79. The molecule has 0 radical (unpaired) electrons. The molecule has 0 unspecified atom stereocenters. The highest BCUT2D eigenvalue weighted by atomic mass is 19.2. The fraction of sp³-hybridized carbons (Fsp3) is 0.182. The van der Waals surface area contributed by atoms with Crippen molar-refractivity contribution in [3.05, 3.63) is 35.1 Å². The molecule has 0 spiro atoms. The van der Waals surface area contributed by atoms with E-state index in [1.165, 1.54) is 0 Å². The van der Waals surface area contributed by atoms with Crippen molar-refractivity contribution in [2.45, 2.75) is 12.5 Å². The number of aliphatic carboxylic acids is 1. The molecule has 0 bridgehead atoms. The molecule has 1 rings (SSSR count). The van der Waals surface area contributed by atoms with E-state index in [4.69, 9.17) is 10.8 Å². The maximum absolute atomic E-state index is 12.9. The van der Waals surface area contributed by atoms with Crippen molar-refractivity contribution in [1.29, 1.82) is 0 Å². The van der Waals surface area contributed by atoms with Crippen molar-refractivity contribution < 1.29 is 32.7 Å². The Labute approximate surface area is 110 Å². The number of hydrogen-bond donors (Lipinski definition) is 3. The van der Waals surface area contributed by atoms with Gasteiger partial charge in [0, 0.05) is 5.56 Å². The Morgan fingerprint density at radius 2 is 1.70 bits per heavy atom. The molecule has 0 heterocycles. The van der Waals surface area contributed by atoms with Crippen LogP contribution >= 0.6 is 0 Å². The third-order valence-corrected chi connectivity index (χ3v) is 2.25. The molecule has 9 heteroatoms. The number of halogens is 3. The lowest BCUT2D eigenvalue weighted by molar-refractivity contribution is -0.140. The fourth-order valence-electron chi connectivity index (χ4n) is 1.33. The zero-order valence-corrected chi connectivity index (χ0v) is 9.82. The second kappa shape index (κ2) is 6.04.